The molecule has 0 aliphatic carbocycles. The summed E-state index contributed by atoms with van der Waals surface area (Å²) in [4.78, 5) is 3.61. The van der Waals surface area contributed by atoms with Crippen molar-refractivity contribution in [1.82, 2.24) is 20.5 Å². The van der Waals surface area contributed by atoms with Crippen molar-refractivity contribution in [3.8, 4) is 16.8 Å². The number of imidazole rings is 1. The maximum atomic E-state index is 13.5. The number of aryl methyl sites for hydroxylation is 2. The second kappa shape index (κ2) is 10.5. The highest BCUT2D eigenvalue weighted by Gasteiger charge is 2.35. The molecule has 3 N–H and O–H groups in total. The molecule has 0 amide bonds. The average Bonchev–Trinajstić information content (AvgIpc) is 3.55. The molecule has 3 aromatic carbocycles. The van der Waals surface area contributed by atoms with Crippen LogP contribution in [-0.2, 0) is 22.6 Å². The molecule has 0 bridgehead atoms. The van der Waals surface area contributed by atoms with Gasteiger partial charge in [-0.05, 0) is 49.2 Å². The first-order chi connectivity index (χ1) is 19.3. The summed E-state index contributed by atoms with van der Waals surface area (Å²) in [5.74, 6) is 0.119. The molecule has 1 aliphatic rings. The zero-order chi connectivity index (χ0) is 29.7. The van der Waals surface area contributed by atoms with Crippen LogP contribution in [0.25, 0.3) is 22.5 Å². The molecule has 41 heavy (non-hydrogen) atoms. The maximum absolute atomic E-state index is 13.5. The zero-order valence-electron chi connectivity index (χ0n) is 22.1. The van der Waals surface area contributed by atoms with E-state index >= 15 is 0 Å². The van der Waals surface area contributed by atoms with Gasteiger partial charge in [-0.2, -0.15) is 13.2 Å². The highest BCUT2D eigenvalue weighted by atomic mass is 35.5. The van der Waals surface area contributed by atoms with Crippen molar-refractivity contribution in [2.75, 3.05) is 11.3 Å². The molecule has 5 rings (SSSR count). The fourth-order valence-electron chi connectivity index (χ4n) is 4.62. The largest absolute Gasteiger partial charge is 0.434 e. The molecule has 1 aliphatic heterocycles. The number of halogens is 4. The number of aliphatic hydroxyl groups is 1. The number of aromatic nitrogens is 2. The molecule has 13 heteroatoms. The van der Waals surface area contributed by atoms with Gasteiger partial charge in [0.2, 0.25) is 0 Å². The number of hydrogen-bond donors (Lipinski definition) is 3. The number of nitrogens with one attached hydrogen (secondary N) is 2. The van der Waals surface area contributed by atoms with E-state index < -0.39 is 28.3 Å². The Balaban J connectivity index is 1.72. The highest BCUT2D eigenvalue weighted by molar-refractivity contribution is 7.90. The minimum absolute atomic E-state index is 0.0672. The van der Waals surface area contributed by atoms with Crippen molar-refractivity contribution in [3.05, 3.63) is 100 Å². The van der Waals surface area contributed by atoms with Gasteiger partial charge < -0.3 is 15.1 Å². The van der Waals surface area contributed by atoms with Gasteiger partial charge in [-0.3, -0.25) is 5.01 Å². The molecule has 214 valence electrons. The molecular weight excluding hydrogens is 579 g/mol. The highest BCUT2D eigenvalue weighted by Crippen LogP contribution is 2.39. The number of hydrazine groups is 2. The Labute approximate surface area is 239 Å². The van der Waals surface area contributed by atoms with E-state index in [2.05, 4.69) is 15.9 Å². The van der Waals surface area contributed by atoms with Gasteiger partial charge in [-0.1, -0.05) is 47.5 Å². The molecule has 0 atom stereocenters. The lowest BCUT2D eigenvalue weighted by atomic mass is 10.0. The van der Waals surface area contributed by atoms with E-state index in [0.29, 0.717) is 28.2 Å². The first kappa shape index (κ1) is 28.7. The van der Waals surface area contributed by atoms with Crippen molar-refractivity contribution in [2.45, 2.75) is 31.5 Å². The van der Waals surface area contributed by atoms with Crippen LogP contribution in [-0.4, -0.2) is 29.3 Å². The third-order valence-corrected chi connectivity index (χ3v) is 8.17. The quantitative estimate of drug-likeness (QED) is 0.266. The fourth-order valence-corrected chi connectivity index (χ4v) is 5.92. The minimum Gasteiger partial charge on any atom is -0.392 e. The molecule has 0 spiro atoms. The Bertz CT molecular complexity index is 1780. The summed E-state index contributed by atoms with van der Waals surface area (Å²) in [7, 11) is -3.75. The average molecular weight is 604 g/mol. The lowest BCUT2D eigenvalue weighted by molar-refractivity contribution is -0.141. The molecule has 1 aromatic heterocycles. The monoisotopic (exact) mass is 603 g/mol. The van der Waals surface area contributed by atoms with Crippen LogP contribution in [0.1, 0.15) is 28.2 Å². The lowest BCUT2D eigenvalue weighted by Gasteiger charge is -2.26. The lowest BCUT2D eigenvalue weighted by Crippen LogP contribution is -2.37. The standard InChI is InChI=1S/C28H25ClF3N5O3S/c1-16-4-6-18(7-5-16)25-13-33-35-37(25)24-11-19(20-10-22(29)21(15-38)26(12-20)41(3,39)40)8-9-23(24)36-14-27(28(30,31)32)34-17(36)2/h4-14,33,35,38H,15H2,1-3H3. The summed E-state index contributed by atoms with van der Waals surface area (Å²) in [5.41, 5.74) is 9.39. The van der Waals surface area contributed by atoms with Crippen LogP contribution in [0.3, 0.4) is 0 Å². The topological polar surface area (TPSA) is 99.5 Å². The van der Waals surface area contributed by atoms with Crippen LogP contribution in [0.4, 0.5) is 18.9 Å². The van der Waals surface area contributed by atoms with Gasteiger partial charge in [0.1, 0.15) is 5.82 Å². The van der Waals surface area contributed by atoms with E-state index in [1.54, 1.807) is 29.4 Å². The second-order valence-corrected chi connectivity index (χ2v) is 12.0. The first-order valence-electron chi connectivity index (χ1n) is 12.3. The number of nitrogens with zero attached hydrogens (tertiary/aromatic N) is 3. The summed E-state index contributed by atoms with van der Waals surface area (Å²) in [5, 5.41) is 11.5. The summed E-state index contributed by atoms with van der Waals surface area (Å²) in [6.45, 7) is 2.87. The molecule has 0 radical (unpaired) electrons. The SMILES string of the molecule is Cc1ccc(C2=CNNN2c2cc(-c3cc(Cl)c(CO)c(S(C)(=O)=O)c3)ccc2-n2cc(C(F)(F)F)nc2C)cc1. The van der Waals surface area contributed by atoms with Gasteiger partial charge in [0.15, 0.2) is 15.5 Å². The predicted octanol–water partition coefficient (Wildman–Crippen LogP) is 5.55. The Morgan fingerprint density at radius 3 is 2.27 bits per heavy atom. The minimum atomic E-state index is -4.64. The molecule has 8 nitrogen and oxygen atoms in total. The Hall–Kier alpha value is -3.84. The smallest absolute Gasteiger partial charge is 0.392 e. The number of hydrogen-bond acceptors (Lipinski definition) is 7. The summed E-state index contributed by atoms with van der Waals surface area (Å²) in [6, 6.07) is 15.7. The molecule has 0 fully saturated rings. The number of sulfone groups is 1. The Morgan fingerprint density at radius 2 is 1.66 bits per heavy atom. The van der Waals surface area contributed by atoms with Gasteiger partial charge in [0, 0.05) is 34.8 Å². The molecule has 0 saturated heterocycles. The maximum Gasteiger partial charge on any atom is 0.434 e. The van der Waals surface area contributed by atoms with Gasteiger partial charge in [0.25, 0.3) is 0 Å². The number of rotatable bonds is 6. The molecule has 4 aromatic rings. The zero-order valence-corrected chi connectivity index (χ0v) is 23.7. The van der Waals surface area contributed by atoms with Crippen molar-refractivity contribution in [2.24, 2.45) is 0 Å². The Kier molecular flexibility index (Phi) is 7.36. The summed E-state index contributed by atoms with van der Waals surface area (Å²) >= 11 is 6.38. The van der Waals surface area contributed by atoms with E-state index in [-0.39, 0.29) is 21.3 Å². The molecule has 0 unspecified atom stereocenters. The fraction of sp³-hybridized carbons (Fsp3) is 0.179. The number of alkyl halides is 3. The van der Waals surface area contributed by atoms with Crippen molar-refractivity contribution in [3.63, 3.8) is 0 Å². The third kappa shape index (κ3) is 5.55. The number of benzene rings is 3. The normalized spacial score (nSPS) is 13.9. The second-order valence-electron chi connectivity index (χ2n) is 9.60. The van der Waals surface area contributed by atoms with E-state index in [9.17, 15) is 26.7 Å². The van der Waals surface area contributed by atoms with Crippen LogP contribution < -0.4 is 16.0 Å². The summed E-state index contributed by atoms with van der Waals surface area (Å²) < 4.78 is 67.0. The van der Waals surface area contributed by atoms with E-state index in [4.69, 9.17) is 11.6 Å². The van der Waals surface area contributed by atoms with Crippen LogP contribution in [0.15, 0.2) is 71.9 Å². The van der Waals surface area contributed by atoms with Gasteiger partial charge in [-0.15, -0.1) is 5.53 Å². The number of aliphatic hydroxyl groups excluding tert-OH is 1. The third-order valence-electron chi connectivity index (χ3n) is 6.67. The van der Waals surface area contributed by atoms with E-state index in [1.807, 2.05) is 31.2 Å². The van der Waals surface area contributed by atoms with Crippen LogP contribution in [0.2, 0.25) is 5.02 Å². The number of anilines is 1. The van der Waals surface area contributed by atoms with Crippen molar-refractivity contribution in [1.29, 1.82) is 0 Å². The molecule has 2 heterocycles. The van der Waals surface area contributed by atoms with Crippen LogP contribution in [0.5, 0.6) is 0 Å². The first-order valence-corrected chi connectivity index (χ1v) is 14.5. The van der Waals surface area contributed by atoms with Gasteiger partial charge >= 0.3 is 6.18 Å². The Morgan fingerprint density at radius 1 is 0.976 bits per heavy atom. The van der Waals surface area contributed by atoms with E-state index in [0.717, 1.165) is 23.6 Å². The van der Waals surface area contributed by atoms with Crippen molar-refractivity contribution >= 4 is 32.8 Å². The summed E-state index contributed by atoms with van der Waals surface area (Å²) in [6.07, 6.45) is -0.961. The van der Waals surface area contributed by atoms with Gasteiger partial charge in [0.05, 0.1) is 28.6 Å². The van der Waals surface area contributed by atoms with Gasteiger partial charge in [-0.25, -0.2) is 13.4 Å². The van der Waals surface area contributed by atoms with E-state index in [1.165, 1.54) is 23.6 Å². The van der Waals surface area contributed by atoms with Crippen LogP contribution >= 0.6 is 11.6 Å². The molecule has 0 saturated carbocycles. The van der Waals surface area contributed by atoms with Crippen LogP contribution in [0, 0.1) is 13.8 Å². The predicted molar refractivity (Wildman–Crippen MR) is 151 cm³/mol. The van der Waals surface area contributed by atoms with Crippen molar-refractivity contribution < 1.29 is 26.7 Å². The molecular formula is C28H25ClF3N5O3S.